The minimum atomic E-state index is -0.732. The minimum Gasteiger partial charge on any atom is -0.494 e. The maximum atomic E-state index is 13.4. The summed E-state index contributed by atoms with van der Waals surface area (Å²) in [6, 6.07) is 7.50. The summed E-state index contributed by atoms with van der Waals surface area (Å²) in [5.41, 5.74) is 2.32. The second-order valence-electron chi connectivity index (χ2n) is 8.71. The van der Waals surface area contributed by atoms with Gasteiger partial charge in [0, 0.05) is 24.8 Å². The van der Waals surface area contributed by atoms with Crippen molar-refractivity contribution in [2.45, 2.75) is 13.8 Å². The molecule has 1 saturated heterocycles. The average Bonchev–Trinajstić information content (AvgIpc) is 3.53. The Balaban J connectivity index is 1.39. The summed E-state index contributed by atoms with van der Waals surface area (Å²) in [5, 5.41) is 21.7. The van der Waals surface area contributed by atoms with Crippen LogP contribution in [0, 0.1) is 24.7 Å². The zero-order chi connectivity index (χ0) is 26.3. The molecule has 0 radical (unpaired) electrons. The Morgan fingerprint density at radius 3 is 2.65 bits per heavy atom. The van der Waals surface area contributed by atoms with Gasteiger partial charge in [0.2, 0.25) is 0 Å². The molecule has 1 amide bonds. The average molecular weight is 500 g/mol. The van der Waals surface area contributed by atoms with E-state index in [4.69, 9.17) is 15.6 Å². The van der Waals surface area contributed by atoms with E-state index in [9.17, 15) is 9.59 Å². The van der Waals surface area contributed by atoms with Gasteiger partial charge in [-0.15, -0.1) is 0 Å². The van der Waals surface area contributed by atoms with Crippen LogP contribution in [0.1, 0.15) is 27.3 Å². The van der Waals surface area contributed by atoms with Crippen LogP contribution in [0.5, 0.6) is 5.75 Å². The van der Waals surface area contributed by atoms with Gasteiger partial charge in [-0.25, -0.2) is 14.6 Å². The number of hydrogen-bond acceptors (Lipinski definition) is 8. The predicted octanol–water partition coefficient (Wildman–Crippen LogP) is 2.10. The molecule has 0 atom stereocenters. The van der Waals surface area contributed by atoms with Gasteiger partial charge in [-0.2, -0.15) is 5.10 Å². The highest BCUT2D eigenvalue weighted by Gasteiger charge is 2.33. The summed E-state index contributed by atoms with van der Waals surface area (Å²) in [6.07, 6.45) is 4.43. The molecule has 1 fully saturated rings. The van der Waals surface area contributed by atoms with Gasteiger partial charge in [-0.1, -0.05) is 23.8 Å². The van der Waals surface area contributed by atoms with Gasteiger partial charge in [0.15, 0.2) is 5.82 Å². The summed E-state index contributed by atoms with van der Waals surface area (Å²) in [4.78, 5) is 41.0. The van der Waals surface area contributed by atoms with Crippen LogP contribution in [0.2, 0.25) is 0 Å². The van der Waals surface area contributed by atoms with Gasteiger partial charge in [0.1, 0.15) is 29.6 Å². The molecule has 5 rings (SSSR count). The number of nitrogens with one attached hydrogen (secondary N) is 3. The summed E-state index contributed by atoms with van der Waals surface area (Å²) in [7, 11) is 1.46. The molecule has 4 aromatic rings. The number of rotatable bonds is 5. The van der Waals surface area contributed by atoms with Crippen molar-refractivity contribution in [1.29, 1.82) is 10.8 Å². The van der Waals surface area contributed by atoms with Gasteiger partial charge in [-0.05, 0) is 19.9 Å². The first-order chi connectivity index (χ1) is 17.8. The molecule has 37 heavy (non-hydrogen) atoms. The molecule has 12 nitrogen and oxygen atoms in total. The molecule has 4 heterocycles. The Morgan fingerprint density at radius 1 is 1.16 bits per heavy atom. The van der Waals surface area contributed by atoms with Crippen LogP contribution in [0.15, 0.2) is 43.0 Å². The Labute approximate surface area is 211 Å². The number of H-pyrrole nitrogens is 1. The number of Topliss-reactive ketones (excluding diaryl/α,β-unsaturated/α-hetero) is 1. The molecule has 1 aliphatic heterocycles. The predicted molar refractivity (Wildman–Crippen MR) is 136 cm³/mol. The third-order valence-electron chi connectivity index (χ3n) is 6.25. The fourth-order valence-corrected chi connectivity index (χ4v) is 4.39. The Morgan fingerprint density at radius 2 is 1.97 bits per heavy atom. The third-order valence-corrected chi connectivity index (χ3v) is 6.25. The van der Waals surface area contributed by atoms with E-state index in [-0.39, 0.29) is 36.9 Å². The highest BCUT2D eigenvalue weighted by molar-refractivity contribution is 6.45. The Bertz CT molecular complexity index is 1570. The molecule has 188 valence electrons. The number of nitrogens with zero attached hydrogens (tertiary/aromatic N) is 6. The largest absolute Gasteiger partial charge is 0.494 e. The summed E-state index contributed by atoms with van der Waals surface area (Å²) < 4.78 is 6.92. The van der Waals surface area contributed by atoms with Crippen molar-refractivity contribution in [2.24, 2.45) is 0 Å². The summed E-state index contributed by atoms with van der Waals surface area (Å²) in [6.45, 7) is 4.05. The van der Waals surface area contributed by atoms with Crippen molar-refractivity contribution in [3.63, 3.8) is 0 Å². The van der Waals surface area contributed by atoms with Crippen molar-refractivity contribution < 1.29 is 14.3 Å². The summed E-state index contributed by atoms with van der Waals surface area (Å²) >= 11 is 0. The molecule has 0 unspecified atom stereocenters. The molecular formula is C25H25N9O3. The smallest absolute Gasteiger partial charge is 0.295 e. The second-order valence-corrected chi connectivity index (χ2v) is 8.71. The molecule has 12 heteroatoms. The standard InChI is InChI=1S/C25H25N9O3/c1-14-5-4-6-16(9-14)23(27)33-8-7-32(12-19(33)26)25(36)22(35)17-10-28-21-20(17)18(37-3)11-29-24(21)34-13-30-15(2)31-34/h4-6,9-11,13,26-28H,7-8,12H2,1-3H3. The van der Waals surface area contributed by atoms with Gasteiger partial charge in [0.25, 0.3) is 11.7 Å². The van der Waals surface area contributed by atoms with Crippen LogP contribution in [-0.2, 0) is 4.79 Å². The highest BCUT2D eigenvalue weighted by atomic mass is 16.5. The van der Waals surface area contributed by atoms with E-state index in [1.54, 1.807) is 11.8 Å². The highest BCUT2D eigenvalue weighted by Crippen LogP contribution is 2.32. The maximum Gasteiger partial charge on any atom is 0.295 e. The first-order valence-corrected chi connectivity index (χ1v) is 11.6. The van der Waals surface area contributed by atoms with Crippen LogP contribution >= 0.6 is 0 Å². The molecule has 1 aliphatic rings. The van der Waals surface area contributed by atoms with Crippen LogP contribution in [0.25, 0.3) is 16.7 Å². The number of aryl methyl sites for hydroxylation is 2. The molecule has 3 aromatic heterocycles. The molecule has 0 spiro atoms. The number of ketones is 1. The lowest BCUT2D eigenvalue weighted by molar-refractivity contribution is -0.126. The maximum absolute atomic E-state index is 13.4. The quantitative estimate of drug-likeness (QED) is 0.164. The van der Waals surface area contributed by atoms with E-state index in [1.807, 2.05) is 31.2 Å². The van der Waals surface area contributed by atoms with E-state index in [1.165, 1.54) is 35.4 Å². The normalized spacial score (nSPS) is 13.8. The van der Waals surface area contributed by atoms with E-state index >= 15 is 0 Å². The van der Waals surface area contributed by atoms with Crippen LogP contribution in [0.3, 0.4) is 0 Å². The lowest BCUT2D eigenvalue weighted by atomic mass is 10.1. The number of carbonyl (C=O) groups is 2. The molecule has 0 saturated carbocycles. The number of methoxy groups -OCH3 is 1. The van der Waals surface area contributed by atoms with Crippen LogP contribution < -0.4 is 4.74 Å². The van der Waals surface area contributed by atoms with Crippen molar-refractivity contribution in [1.82, 2.24) is 34.5 Å². The Hall–Kier alpha value is -4.87. The van der Waals surface area contributed by atoms with Gasteiger partial charge in [0.05, 0.1) is 36.3 Å². The zero-order valence-electron chi connectivity index (χ0n) is 20.6. The van der Waals surface area contributed by atoms with Crippen LogP contribution in [0.4, 0.5) is 0 Å². The number of amidine groups is 2. The van der Waals surface area contributed by atoms with E-state index in [2.05, 4.69) is 20.1 Å². The zero-order valence-corrected chi connectivity index (χ0v) is 20.6. The fraction of sp³-hybridized carbons (Fsp3) is 0.240. The number of pyridine rings is 1. The van der Waals surface area contributed by atoms with Gasteiger partial charge >= 0.3 is 0 Å². The van der Waals surface area contributed by atoms with Gasteiger partial charge < -0.3 is 19.5 Å². The number of aromatic amines is 1. The number of amides is 1. The summed E-state index contributed by atoms with van der Waals surface area (Å²) in [5.74, 6) is 0.0992. The molecule has 0 bridgehead atoms. The second kappa shape index (κ2) is 9.30. The first-order valence-electron chi connectivity index (χ1n) is 11.6. The number of ether oxygens (including phenoxy) is 1. The fourth-order valence-electron chi connectivity index (χ4n) is 4.39. The SMILES string of the molecule is COc1cnc(-n2cnc(C)n2)c2[nH]cc(C(=O)C(=O)N3CCN(C(=N)c4cccc(C)c4)C(=N)C3)c12. The van der Waals surface area contributed by atoms with E-state index < -0.39 is 11.7 Å². The van der Waals surface area contributed by atoms with E-state index in [0.717, 1.165) is 5.56 Å². The monoisotopic (exact) mass is 499 g/mol. The first kappa shape index (κ1) is 23.9. The molecule has 3 N–H and O–H groups in total. The lowest BCUT2D eigenvalue weighted by Crippen LogP contribution is -2.55. The molecule has 1 aromatic carbocycles. The number of hydrogen-bond donors (Lipinski definition) is 3. The number of benzene rings is 1. The van der Waals surface area contributed by atoms with Crippen molar-refractivity contribution >= 4 is 34.3 Å². The molecular weight excluding hydrogens is 474 g/mol. The lowest BCUT2D eigenvalue weighted by Gasteiger charge is -2.36. The third kappa shape index (κ3) is 4.22. The van der Waals surface area contributed by atoms with Crippen molar-refractivity contribution in [3.8, 4) is 11.6 Å². The number of fused-ring (bicyclic) bond motifs is 1. The number of piperazine rings is 1. The number of aromatic nitrogens is 5. The minimum absolute atomic E-state index is 0.0726. The van der Waals surface area contributed by atoms with Gasteiger partial charge in [-0.3, -0.25) is 20.4 Å². The van der Waals surface area contributed by atoms with Crippen molar-refractivity contribution in [3.05, 3.63) is 65.5 Å². The van der Waals surface area contributed by atoms with Crippen molar-refractivity contribution in [2.75, 3.05) is 26.7 Å². The van der Waals surface area contributed by atoms with Crippen LogP contribution in [-0.4, -0.2) is 84.6 Å². The topological polar surface area (TPSA) is 157 Å². The van der Waals surface area contributed by atoms with E-state index in [0.29, 0.717) is 33.9 Å². The molecule has 0 aliphatic carbocycles. The Kier molecular flexibility index (Phi) is 5.99. The number of carbonyl (C=O) groups excluding carboxylic acids is 2.